The van der Waals surface area contributed by atoms with E-state index in [1.54, 1.807) is 12.0 Å². The molecule has 1 unspecified atom stereocenters. The van der Waals surface area contributed by atoms with Crippen LogP contribution in [0.5, 0.6) is 0 Å². The van der Waals surface area contributed by atoms with Crippen LogP contribution in [-0.2, 0) is 14.3 Å². The molecular formula is C14H26N2O5. The quantitative estimate of drug-likeness (QED) is 0.619. The maximum atomic E-state index is 12.0. The summed E-state index contributed by atoms with van der Waals surface area (Å²) in [4.78, 5) is 24.9. The Morgan fingerprint density at radius 1 is 1.33 bits per heavy atom. The molecule has 1 fully saturated rings. The van der Waals surface area contributed by atoms with Gasteiger partial charge in [0.2, 0.25) is 0 Å². The molecule has 0 aromatic heterocycles. The summed E-state index contributed by atoms with van der Waals surface area (Å²) in [5.41, 5.74) is -0.777. The largest absolute Gasteiger partial charge is 0.481 e. The van der Waals surface area contributed by atoms with Crippen molar-refractivity contribution >= 4 is 12.0 Å². The molecule has 0 spiro atoms. The SMILES string of the molecule is CCC1(C(=O)O)CCN(C(=O)NCCCOCCOC)C1. The van der Waals surface area contributed by atoms with E-state index in [4.69, 9.17) is 9.47 Å². The van der Waals surface area contributed by atoms with E-state index in [1.807, 2.05) is 6.92 Å². The van der Waals surface area contributed by atoms with Crippen LogP contribution in [0.2, 0.25) is 0 Å². The number of nitrogens with one attached hydrogen (secondary N) is 1. The Bertz CT molecular complexity index is 350. The Balaban J connectivity index is 2.20. The molecule has 0 saturated carbocycles. The number of likely N-dealkylation sites (tertiary alicyclic amines) is 1. The summed E-state index contributed by atoms with van der Waals surface area (Å²) in [6, 6.07) is -0.191. The Hall–Kier alpha value is -1.34. The molecule has 1 rings (SSSR count). The average Bonchev–Trinajstić information content (AvgIpc) is 2.92. The van der Waals surface area contributed by atoms with Crippen LogP contribution in [0.1, 0.15) is 26.2 Å². The van der Waals surface area contributed by atoms with Crippen LogP contribution in [0.25, 0.3) is 0 Å². The highest BCUT2D eigenvalue weighted by Gasteiger charge is 2.44. The van der Waals surface area contributed by atoms with Gasteiger partial charge in [-0.15, -0.1) is 0 Å². The number of carboxylic acids is 1. The lowest BCUT2D eigenvalue weighted by atomic mass is 9.84. The van der Waals surface area contributed by atoms with E-state index >= 15 is 0 Å². The fraction of sp³-hybridized carbons (Fsp3) is 0.857. The van der Waals surface area contributed by atoms with E-state index in [1.165, 1.54) is 0 Å². The first-order valence-corrected chi connectivity index (χ1v) is 7.38. The summed E-state index contributed by atoms with van der Waals surface area (Å²) in [6.07, 6.45) is 1.78. The fourth-order valence-corrected chi connectivity index (χ4v) is 2.39. The number of nitrogens with zero attached hydrogens (tertiary/aromatic N) is 1. The van der Waals surface area contributed by atoms with Gasteiger partial charge in [0.25, 0.3) is 0 Å². The Morgan fingerprint density at radius 3 is 2.67 bits per heavy atom. The minimum atomic E-state index is -0.813. The molecule has 122 valence electrons. The van der Waals surface area contributed by atoms with Gasteiger partial charge in [-0.05, 0) is 19.3 Å². The molecule has 1 atom stereocenters. The number of urea groups is 1. The normalized spacial score (nSPS) is 21.5. The zero-order valence-corrected chi connectivity index (χ0v) is 12.9. The summed E-state index contributed by atoms with van der Waals surface area (Å²) in [5, 5.41) is 12.1. The summed E-state index contributed by atoms with van der Waals surface area (Å²) in [5.74, 6) is -0.813. The number of hydrogen-bond acceptors (Lipinski definition) is 4. The second kappa shape index (κ2) is 8.84. The molecule has 1 aliphatic heterocycles. The average molecular weight is 302 g/mol. The van der Waals surface area contributed by atoms with Crippen molar-refractivity contribution in [3.8, 4) is 0 Å². The molecule has 0 aromatic rings. The first-order valence-electron chi connectivity index (χ1n) is 7.38. The number of ether oxygens (including phenoxy) is 2. The highest BCUT2D eigenvalue weighted by atomic mass is 16.5. The summed E-state index contributed by atoms with van der Waals surface area (Å²) in [6.45, 7) is 4.84. The van der Waals surface area contributed by atoms with Gasteiger partial charge < -0.3 is 24.8 Å². The zero-order chi connectivity index (χ0) is 15.7. The van der Waals surface area contributed by atoms with Crippen LogP contribution in [0, 0.1) is 5.41 Å². The number of carbonyl (C=O) groups is 2. The fourth-order valence-electron chi connectivity index (χ4n) is 2.39. The van der Waals surface area contributed by atoms with Crippen molar-refractivity contribution in [3.63, 3.8) is 0 Å². The third-order valence-electron chi connectivity index (χ3n) is 3.94. The third kappa shape index (κ3) is 5.17. The second-order valence-corrected chi connectivity index (χ2v) is 5.30. The van der Waals surface area contributed by atoms with Crippen molar-refractivity contribution in [1.82, 2.24) is 10.2 Å². The molecule has 2 amide bonds. The number of rotatable bonds is 9. The lowest BCUT2D eigenvalue weighted by molar-refractivity contribution is -0.148. The molecule has 0 bridgehead atoms. The van der Waals surface area contributed by atoms with E-state index in [0.29, 0.717) is 45.8 Å². The first kappa shape index (κ1) is 17.7. The number of aliphatic carboxylic acids is 1. The van der Waals surface area contributed by atoms with Crippen molar-refractivity contribution in [3.05, 3.63) is 0 Å². The molecule has 7 nitrogen and oxygen atoms in total. The molecule has 1 saturated heterocycles. The van der Waals surface area contributed by atoms with Gasteiger partial charge in [0.15, 0.2) is 0 Å². The van der Waals surface area contributed by atoms with Gasteiger partial charge in [-0.1, -0.05) is 6.92 Å². The van der Waals surface area contributed by atoms with Crippen LogP contribution in [0.3, 0.4) is 0 Å². The molecule has 1 heterocycles. The molecule has 0 aromatic carbocycles. The number of carbonyl (C=O) groups excluding carboxylic acids is 1. The molecule has 7 heteroatoms. The lowest BCUT2D eigenvalue weighted by Gasteiger charge is -2.23. The summed E-state index contributed by atoms with van der Waals surface area (Å²) < 4.78 is 10.1. The van der Waals surface area contributed by atoms with Gasteiger partial charge in [0, 0.05) is 33.4 Å². The van der Waals surface area contributed by atoms with E-state index < -0.39 is 11.4 Å². The number of methoxy groups -OCH3 is 1. The van der Waals surface area contributed by atoms with Crippen LogP contribution >= 0.6 is 0 Å². The zero-order valence-electron chi connectivity index (χ0n) is 12.9. The number of amides is 2. The van der Waals surface area contributed by atoms with Crippen molar-refractivity contribution in [2.24, 2.45) is 5.41 Å². The van der Waals surface area contributed by atoms with E-state index in [0.717, 1.165) is 6.42 Å². The topological polar surface area (TPSA) is 88.1 Å². The number of carboxylic acid groups (broad SMARTS) is 1. The second-order valence-electron chi connectivity index (χ2n) is 5.30. The van der Waals surface area contributed by atoms with Crippen molar-refractivity contribution in [2.45, 2.75) is 26.2 Å². The number of hydrogen-bond donors (Lipinski definition) is 2. The van der Waals surface area contributed by atoms with Gasteiger partial charge in [-0.3, -0.25) is 4.79 Å². The highest BCUT2D eigenvalue weighted by Crippen LogP contribution is 2.34. The first-order chi connectivity index (χ1) is 10.1. The maximum absolute atomic E-state index is 12.0. The molecule has 21 heavy (non-hydrogen) atoms. The lowest BCUT2D eigenvalue weighted by Crippen LogP contribution is -2.42. The Labute approximate surface area is 125 Å². The summed E-state index contributed by atoms with van der Waals surface area (Å²) in [7, 11) is 1.62. The summed E-state index contributed by atoms with van der Waals surface area (Å²) >= 11 is 0. The predicted molar refractivity (Wildman–Crippen MR) is 77.3 cm³/mol. The minimum Gasteiger partial charge on any atom is -0.481 e. The van der Waals surface area contributed by atoms with Crippen molar-refractivity contribution in [1.29, 1.82) is 0 Å². The van der Waals surface area contributed by atoms with E-state index in [2.05, 4.69) is 5.32 Å². The van der Waals surface area contributed by atoms with Crippen LogP contribution in [0.15, 0.2) is 0 Å². The minimum absolute atomic E-state index is 0.191. The highest BCUT2D eigenvalue weighted by molar-refractivity contribution is 5.79. The Morgan fingerprint density at radius 2 is 2.10 bits per heavy atom. The Kier molecular flexibility index (Phi) is 7.45. The third-order valence-corrected chi connectivity index (χ3v) is 3.94. The van der Waals surface area contributed by atoms with Gasteiger partial charge in [-0.25, -0.2) is 4.79 Å². The van der Waals surface area contributed by atoms with Crippen molar-refractivity contribution in [2.75, 3.05) is 46.6 Å². The van der Waals surface area contributed by atoms with Crippen LogP contribution in [-0.4, -0.2) is 68.6 Å². The van der Waals surface area contributed by atoms with E-state index in [-0.39, 0.29) is 12.6 Å². The van der Waals surface area contributed by atoms with Crippen molar-refractivity contribution < 1.29 is 24.2 Å². The standard InChI is InChI=1S/C14H26N2O5/c1-3-14(12(17)18)5-7-16(11-14)13(19)15-6-4-8-21-10-9-20-2/h3-11H2,1-2H3,(H,15,19)(H,17,18). The van der Waals surface area contributed by atoms with E-state index in [9.17, 15) is 14.7 Å². The molecular weight excluding hydrogens is 276 g/mol. The van der Waals surface area contributed by atoms with Gasteiger partial charge in [0.05, 0.1) is 18.6 Å². The monoisotopic (exact) mass is 302 g/mol. The predicted octanol–water partition coefficient (Wildman–Crippen LogP) is 0.936. The van der Waals surface area contributed by atoms with Crippen LogP contribution < -0.4 is 5.32 Å². The smallest absolute Gasteiger partial charge is 0.317 e. The van der Waals surface area contributed by atoms with Crippen LogP contribution in [0.4, 0.5) is 4.79 Å². The molecule has 0 aliphatic carbocycles. The molecule has 2 N–H and O–H groups in total. The van der Waals surface area contributed by atoms with Gasteiger partial charge in [-0.2, -0.15) is 0 Å². The van der Waals surface area contributed by atoms with Gasteiger partial charge >= 0.3 is 12.0 Å². The maximum Gasteiger partial charge on any atom is 0.317 e. The molecule has 1 aliphatic rings. The van der Waals surface area contributed by atoms with Gasteiger partial charge in [0.1, 0.15) is 0 Å². The molecule has 0 radical (unpaired) electrons.